The fourth-order valence-corrected chi connectivity index (χ4v) is 3.37. The van der Waals surface area contributed by atoms with Crippen molar-refractivity contribution in [3.05, 3.63) is 0 Å². The highest BCUT2D eigenvalue weighted by atomic mass is 16.6. The van der Waals surface area contributed by atoms with Crippen LogP contribution in [0.2, 0.25) is 0 Å². The average Bonchev–Trinajstić information content (AvgIpc) is 3.36. The first-order valence-corrected chi connectivity index (χ1v) is 9.97. The summed E-state index contributed by atoms with van der Waals surface area (Å²) in [6, 6.07) is -1.41. The normalized spacial score (nSPS) is 25.6. The largest absolute Gasteiger partial charge is 0.467 e. The van der Waals surface area contributed by atoms with E-state index in [2.05, 4.69) is 10.6 Å². The number of nitrogens with zero attached hydrogens (tertiary/aromatic N) is 1. The maximum absolute atomic E-state index is 13.1. The number of nitrogens with one attached hydrogen (secondary N) is 2. The number of methoxy groups -OCH3 is 1. The van der Waals surface area contributed by atoms with Gasteiger partial charge < -0.3 is 25.0 Å². The van der Waals surface area contributed by atoms with E-state index in [-0.39, 0.29) is 17.7 Å². The number of hydrogen-bond donors (Lipinski definition) is 2. The van der Waals surface area contributed by atoms with Crippen LogP contribution < -0.4 is 10.6 Å². The third kappa shape index (κ3) is 5.01. The molecule has 2 aliphatic rings. The van der Waals surface area contributed by atoms with Gasteiger partial charge >= 0.3 is 5.97 Å². The number of amides is 3. The lowest BCUT2D eigenvalue weighted by atomic mass is 9.97. The zero-order valence-corrected chi connectivity index (χ0v) is 17.0. The zero-order chi connectivity index (χ0) is 20.8. The van der Waals surface area contributed by atoms with Gasteiger partial charge in [0.05, 0.1) is 7.11 Å². The van der Waals surface area contributed by atoms with E-state index in [9.17, 15) is 19.2 Å². The topological polar surface area (TPSA) is 117 Å². The summed E-state index contributed by atoms with van der Waals surface area (Å²) in [5.41, 5.74) is 0. The standard InChI is InChI=1S/C19H31N3O6/c1-5-9-20-16(23)14-15(28-14)17(24)21-13(11(3)6-2)18(25)22-10-7-8-12(22)19(26)27-4/h11-15H,5-10H2,1-4H3,(H,20,23)(H,21,24)/t11?,12-,13+,14+,15-/m1/s1. The lowest BCUT2D eigenvalue weighted by Gasteiger charge is -2.30. The predicted octanol–water partition coefficient (Wildman–Crippen LogP) is -0.0251. The number of ether oxygens (including phenoxy) is 2. The van der Waals surface area contributed by atoms with Gasteiger partial charge in [0, 0.05) is 13.1 Å². The molecule has 2 aliphatic heterocycles. The predicted molar refractivity (Wildman–Crippen MR) is 100 cm³/mol. The van der Waals surface area contributed by atoms with Gasteiger partial charge in [-0.3, -0.25) is 14.4 Å². The van der Waals surface area contributed by atoms with Crippen molar-refractivity contribution in [2.75, 3.05) is 20.2 Å². The summed E-state index contributed by atoms with van der Waals surface area (Å²) in [5, 5.41) is 5.43. The number of carbonyl (C=O) groups excluding carboxylic acids is 4. The second-order valence-electron chi connectivity index (χ2n) is 7.35. The van der Waals surface area contributed by atoms with Crippen LogP contribution in [0.1, 0.15) is 46.5 Å². The van der Waals surface area contributed by atoms with Gasteiger partial charge in [0.15, 0.2) is 12.2 Å². The minimum absolute atomic E-state index is 0.138. The van der Waals surface area contributed by atoms with E-state index in [0.29, 0.717) is 32.4 Å². The van der Waals surface area contributed by atoms with Crippen molar-refractivity contribution in [2.24, 2.45) is 5.92 Å². The Morgan fingerprint density at radius 2 is 1.86 bits per heavy atom. The number of hydrogen-bond acceptors (Lipinski definition) is 6. The molecule has 0 aromatic heterocycles. The molecule has 5 atom stereocenters. The third-order valence-electron chi connectivity index (χ3n) is 5.34. The first-order chi connectivity index (χ1) is 13.3. The molecule has 0 spiro atoms. The van der Waals surface area contributed by atoms with E-state index in [4.69, 9.17) is 9.47 Å². The Bertz CT molecular complexity index is 610. The fourth-order valence-electron chi connectivity index (χ4n) is 3.37. The molecule has 2 saturated heterocycles. The zero-order valence-electron chi connectivity index (χ0n) is 17.0. The smallest absolute Gasteiger partial charge is 0.328 e. The highest BCUT2D eigenvalue weighted by Gasteiger charge is 2.51. The van der Waals surface area contributed by atoms with E-state index in [1.807, 2.05) is 20.8 Å². The van der Waals surface area contributed by atoms with Gasteiger partial charge in [0.1, 0.15) is 12.1 Å². The van der Waals surface area contributed by atoms with Crippen molar-refractivity contribution in [1.29, 1.82) is 0 Å². The van der Waals surface area contributed by atoms with Gasteiger partial charge in [0.25, 0.3) is 11.8 Å². The van der Waals surface area contributed by atoms with Crippen LogP contribution >= 0.6 is 0 Å². The number of rotatable bonds is 9. The lowest BCUT2D eigenvalue weighted by molar-refractivity contribution is -0.152. The van der Waals surface area contributed by atoms with Gasteiger partial charge in [-0.1, -0.05) is 27.2 Å². The molecule has 0 aromatic rings. The van der Waals surface area contributed by atoms with E-state index in [1.165, 1.54) is 12.0 Å². The third-order valence-corrected chi connectivity index (χ3v) is 5.34. The summed E-state index contributed by atoms with van der Waals surface area (Å²) in [4.78, 5) is 51.0. The van der Waals surface area contributed by atoms with Crippen molar-refractivity contribution in [3.8, 4) is 0 Å². The molecule has 28 heavy (non-hydrogen) atoms. The highest BCUT2D eigenvalue weighted by molar-refractivity contribution is 5.97. The lowest BCUT2D eigenvalue weighted by Crippen LogP contribution is -2.55. The molecule has 0 aromatic carbocycles. The van der Waals surface area contributed by atoms with Crippen molar-refractivity contribution in [3.63, 3.8) is 0 Å². The summed E-state index contributed by atoms with van der Waals surface area (Å²) >= 11 is 0. The number of epoxide rings is 1. The summed E-state index contributed by atoms with van der Waals surface area (Å²) in [6.07, 6.45) is 1.01. The number of likely N-dealkylation sites (tertiary alicyclic amines) is 1. The Morgan fingerprint density at radius 1 is 1.18 bits per heavy atom. The molecule has 1 unspecified atom stereocenters. The Hall–Kier alpha value is -2.16. The van der Waals surface area contributed by atoms with Crippen molar-refractivity contribution in [1.82, 2.24) is 15.5 Å². The first-order valence-electron chi connectivity index (χ1n) is 9.97. The molecule has 2 rings (SSSR count). The fraction of sp³-hybridized carbons (Fsp3) is 0.789. The molecule has 0 aliphatic carbocycles. The van der Waals surface area contributed by atoms with Crippen LogP contribution in [0.25, 0.3) is 0 Å². The molecule has 3 amide bonds. The Kier molecular flexibility index (Phi) is 7.79. The van der Waals surface area contributed by atoms with Crippen molar-refractivity contribution >= 4 is 23.7 Å². The maximum atomic E-state index is 13.1. The minimum Gasteiger partial charge on any atom is -0.467 e. The molecule has 0 bridgehead atoms. The molecule has 158 valence electrons. The Balaban J connectivity index is 2.02. The quantitative estimate of drug-likeness (QED) is 0.417. The molecule has 0 saturated carbocycles. The minimum atomic E-state index is -0.883. The highest BCUT2D eigenvalue weighted by Crippen LogP contribution is 2.25. The monoisotopic (exact) mass is 397 g/mol. The first kappa shape index (κ1) is 22.1. The molecule has 2 fully saturated rings. The van der Waals surface area contributed by atoms with Crippen molar-refractivity contribution < 1.29 is 28.7 Å². The van der Waals surface area contributed by atoms with Crippen LogP contribution in [0, 0.1) is 5.92 Å². The molecule has 0 radical (unpaired) electrons. The van der Waals surface area contributed by atoms with E-state index < -0.39 is 36.2 Å². The van der Waals surface area contributed by atoms with E-state index >= 15 is 0 Å². The van der Waals surface area contributed by atoms with Gasteiger partial charge in [-0.05, 0) is 25.2 Å². The average molecular weight is 397 g/mol. The summed E-state index contributed by atoms with van der Waals surface area (Å²) in [7, 11) is 1.30. The summed E-state index contributed by atoms with van der Waals surface area (Å²) < 4.78 is 10.0. The number of esters is 1. The van der Waals surface area contributed by atoms with Gasteiger partial charge in [0.2, 0.25) is 5.91 Å². The second-order valence-corrected chi connectivity index (χ2v) is 7.35. The van der Waals surface area contributed by atoms with Crippen LogP contribution in [-0.4, -0.2) is 73.1 Å². The molecule has 9 heteroatoms. The number of carbonyl (C=O) groups is 4. The molecule has 2 N–H and O–H groups in total. The van der Waals surface area contributed by atoms with E-state index in [1.54, 1.807) is 0 Å². The summed E-state index contributed by atoms with van der Waals surface area (Å²) in [6.45, 7) is 6.69. The van der Waals surface area contributed by atoms with Gasteiger partial charge in [-0.2, -0.15) is 0 Å². The van der Waals surface area contributed by atoms with Crippen LogP contribution in [-0.2, 0) is 28.7 Å². The second kappa shape index (κ2) is 9.86. The van der Waals surface area contributed by atoms with Crippen LogP contribution in [0.15, 0.2) is 0 Å². The maximum Gasteiger partial charge on any atom is 0.328 e. The SMILES string of the molecule is CCCNC(=O)[C@H]1O[C@H]1C(=O)N[C@H](C(=O)N1CCC[C@@H]1C(=O)OC)C(C)CC. The Morgan fingerprint density at radius 3 is 2.46 bits per heavy atom. The van der Waals surface area contributed by atoms with Gasteiger partial charge in [-0.25, -0.2) is 4.79 Å². The van der Waals surface area contributed by atoms with Crippen LogP contribution in [0.3, 0.4) is 0 Å². The van der Waals surface area contributed by atoms with Crippen molar-refractivity contribution in [2.45, 2.75) is 70.7 Å². The van der Waals surface area contributed by atoms with E-state index in [0.717, 1.165) is 6.42 Å². The van der Waals surface area contributed by atoms with Crippen LogP contribution in [0.4, 0.5) is 0 Å². The molecular weight excluding hydrogens is 366 g/mol. The summed E-state index contributed by atoms with van der Waals surface area (Å²) in [5.74, 6) is -1.69. The van der Waals surface area contributed by atoms with Gasteiger partial charge in [-0.15, -0.1) is 0 Å². The molecular formula is C19H31N3O6. The van der Waals surface area contributed by atoms with Crippen LogP contribution in [0.5, 0.6) is 0 Å². The molecule has 2 heterocycles. The molecule has 9 nitrogen and oxygen atoms in total. The Labute approximate surface area is 165 Å².